The molecular weight excluding hydrogens is 374 g/mol. The molecule has 0 spiro atoms. The number of para-hydroxylation sites is 1. The van der Waals surface area contributed by atoms with Crippen molar-refractivity contribution in [2.75, 3.05) is 20.3 Å². The lowest BCUT2D eigenvalue weighted by Crippen LogP contribution is -2.34. The number of halogens is 1. The van der Waals surface area contributed by atoms with Crippen LogP contribution in [0, 0.1) is 6.92 Å². The number of rotatable bonds is 7. The van der Waals surface area contributed by atoms with Gasteiger partial charge in [0.15, 0.2) is 13.2 Å². The van der Waals surface area contributed by atoms with Crippen molar-refractivity contribution in [2.45, 2.75) is 6.92 Å². The maximum Gasteiger partial charge on any atom is 0.344 e. The Labute approximate surface area is 161 Å². The van der Waals surface area contributed by atoms with Crippen LogP contribution in [-0.4, -0.2) is 38.1 Å². The molecule has 0 unspecified atom stereocenters. The Bertz CT molecular complexity index is 852. The number of benzene rings is 2. The largest absolute Gasteiger partial charge is 0.496 e. The standard InChI is InChI=1S/C19H18ClNO6/c1-12-7-8-14(20)16(9-12)26-11-18(23)27-10-17(22)21-19(24)13-5-3-4-6-15(13)25-2/h3-9H,10-11H2,1-2H3,(H,21,22,24). The molecule has 0 aliphatic carbocycles. The monoisotopic (exact) mass is 391 g/mol. The average molecular weight is 392 g/mol. The van der Waals surface area contributed by atoms with Gasteiger partial charge >= 0.3 is 5.97 Å². The molecule has 0 aliphatic rings. The summed E-state index contributed by atoms with van der Waals surface area (Å²) in [5.41, 5.74) is 1.11. The van der Waals surface area contributed by atoms with E-state index in [9.17, 15) is 14.4 Å². The Balaban J connectivity index is 1.80. The van der Waals surface area contributed by atoms with E-state index in [0.29, 0.717) is 16.5 Å². The van der Waals surface area contributed by atoms with Crippen LogP contribution >= 0.6 is 11.6 Å². The maximum absolute atomic E-state index is 12.1. The first-order valence-corrected chi connectivity index (χ1v) is 8.30. The molecule has 1 N–H and O–H groups in total. The summed E-state index contributed by atoms with van der Waals surface area (Å²) >= 11 is 5.96. The van der Waals surface area contributed by atoms with Gasteiger partial charge in [-0.15, -0.1) is 0 Å². The molecular formula is C19H18ClNO6. The number of hydrogen-bond donors (Lipinski definition) is 1. The minimum atomic E-state index is -0.771. The molecule has 27 heavy (non-hydrogen) atoms. The fraction of sp³-hybridized carbons (Fsp3) is 0.211. The van der Waals surface area contributed by atoms with Crippen LogP contribution in [0.25, 0.3) is 0 Å². The smallest absolute Gasteiger partial charge is 0.344 e. The van der Waals surface area contributed by atoms with Gasteiger partial charge in [0.25, 0.3) is 11.8 Å². The minimum absolute atomic E-state index is 0.192. The highest BCUT2D eigenvalue weighted by Crippen LogP contribution is 2.25. The van der Waals surface area contributed by atoms with Crippen molar-refractivity contribution in [3.8, 4) is 11.5 Å². The van der Waals surface area contributed by atoms with E-state index in [1.165, 1.54) is 13.2 Å². The van der Waals surface area contributed by atoms with E-state index in [4.69, 9.17) is 25.8 Å². The number of carbonyl (C=O) groups excluding carboxylic acids is 3. The topological polar surface area (TPSA) is 90.9 Å². The van der Waals surface area contributed by atoms with Crippen LogP contribution in [-0.2, 0) is 14.3 Å². The van der Waals surface area contributed by atoms with Gasteiger partial charge < -0.3 is 14.2 Å². The molecule has 8 heteroatoms. The van der Waals surface area contributed by atoms with Crippen LogP contribution in [0.4, 0.5) is 0 Å². The fourth-order valence-electron chi connectivity index (χ4n) is 2.11. The van der Waals surface area contributed by atoms with Crippen LogP contribution in [0.2, 0.25) is 5.02 Å². The number of aryl methyl sites for hydroxylation is 1. The summed E-state index contributed by atoms with van der Waals surface area (Å²) in [5, 5.41) is 2.47. The lowest BCUT2D eigenvalue weighted by molar-refractivity contribution is -0.150. The molecule has 0 atom stereocenters. The summed E-state index contributed by atoms with van der Waals surface area (Å²) in [6, 6.07) is 11.6. The number of imide groups is 1. The minimum Gasteiger partial charge on any atom is -0.496 e. The summed E-state index contributed by atoms with van der Waals surface area (Å²) in [6.45, 7) is 0.812. The van der Waals surface area contributed by atoms with Crippen molar-refractivity contribution in [2.24, 2.45) is 0 Å². The average Bonchev–Trinajstić information content (AvgIpc) is 2.66. The molecule has 2 rings (SSSR count). The molecule has 2 aromatic rings. The van der Waals surface area contributed by atoms with Crippen LogP contribution in [0.15, 0.2) is 42.5 Å². The van der Waals surface area contributed by atoms with Gasteiger partial charge in [-0.2, -0.15) is 0 Å². The zero-order valence-corrected chi connectivity index (χ0v) is 15.5. The van der Waals surface area contributed by atoms with E-state index >= 15 is 0 Å². The van der Waals surface area contributed by atoms with E-state index < -0.39 is 31.0 Å². The number of carbonyl (C=O) groups is 3. The first-order chi connectivity index (χ1) is 12.9. The van der Waals surface area contributed by atoms with Crippen LogP contribution < -0.4 is 14.8 Å². The Morgan fingerprint density at radius 3 is 2.52 bits per heavy atom. The molecule has 0 heterocycles. The van der Waals surface area contributed by atoms with E-state index in [0.717, 1.165) is 5.56 Å². The Morgan fingerprint density at radius 1 is 1.04 bits per heavy atom. The molecule has 0 saturated carbocycles. The molecule has 0 saturated heterocycles. The second-order valence-corrected chi connectivity index (χ2v) is 5.87. The zero-order chi connectivity index (χ0) is 19.8. The number of esters is 1. The molecule has 142 valence electrons. The van der Waals surface area contributed by atoms with Gasteiger partial charge in [-0.3, -0.25) is 14.9 Å². The van der Waals surface area contributed by atoms with Gasteiger partial charge in [-0.25, -0.2) is 4.79 Å². The second-order valence-electron chi connectivity index (χ2n) is 5.46. The van der Waals surface area contributed by atoms with Crippen LogP contribution in [0.1, 0.15) is 15.9 Å². The Hall–Kier alpha value is -3.06. The number of amides is 2. The van der Waals surface area contributed by atoms with Gasteiger partial charge in [0.1, 0.15) is 11.5 Å². The van der Waals surface area contributed by atoms with E-state index in [1.807, 2.05) is 6.92 Å². The van der Waals surface area contributed by atoms with Crippen molar-refractivity contribution in [3.05, 3.63) is 58.6 Å². The lowest BCUT2D eigenvalue weighted by atomic mass is 10.2. The quantitative estimate of drug-likeness (QED) is 0.729. The molecule has 7 nitrogen and oxygen atoms in total. The summed E-state index contributed by atoms with van der Waals surface area (Å²) < 4.78 is 15.1. The third-order valence-corrected chi connectivity index (χ3v) is 3.71. The van der Waals surface area contributed by atoms with Crippen LogP contribution in [0.3, 0.4) is 0 Å². The summed E-state index contributed by atoms with van der Waals surface area (Å²) in [4.78, 5) is 35.6. The first kappa shape index (κ1) is 20.3. The fourth-order valence-corrected chi connectivity index (χ4v) is 2.28. The SMILES string of the molecule is COc1ccccc1C(=O)NC(=O)COC(=O)COc1cc(C)ccc1Cl. The summed E-state index contributed by atoms with van der Waals surface area (Å²) in [5.74, 6) is -1.54. The number of ether oxygens (including phenoxy) is 3. The molecule has 0 fully saturated rings. The maximum atomic E-state index is 12.1. The van der Waals surface area contributed by atoms with Crippen molar-refractivity contribution >= 4 is 29.4 Å². The molecule has 0 bridgehead atoms. The van der Waals surface area contributed by atoms with Crippen molar-refractivity contribution in [1.82, 2.24) is 5.32 Å². The second kappa shape index (κ2) is 9.59. The number of methoxy groups -OCH3 is 1. The predicted molar refractivity (Wildman–Crippen MR) is 98.1 cm³/mol. The lowest BCUT2D eigenvalue weighted by Gasteiger charge is -2.10. The normalized spacial score (nSPS) is 10.0. The van der Waals surface area contributed by atoms with Crippen molar-refractivity contribution < 1.29 is 28.6 Å². The van der Waals surface area contributed by atoms with E-state index in [2.05, 4.69) is 5.32 Å². The van der Waals surface area contributed by atoms with Gasteiger partial charge in [-0.1, -0.05) is 29.8 Å². The molecule has 2 aromatic carbocycles. The molecule has 2 amide bonds. The Morgan fingerprint density at radius 2 is 1.78 bits per heavy atom. The van der Waals surface area contributed by atoms with E-state index in [-0.39, 0.29) is 5.56 Å². The highest BCUT2D eigenvalue weighted by atomic mass is 35.5. The van der Waals surface area contributed by atoms with Gasteiger partial charge in [-0.05, 0) is 36.8 Å². The highest BCUT2D eigenvalue weighted by Gasteiger charge is 2.16. The van der Waals surface area contributed by atoms with Crippen molar-refractivity contribution in [1.29, 1.82) is 0 Å². The predicted octanol–water partition coefficient (Wildman–Crippen LogP) is 2.54. The molecule has 0 aliphatic heterocycles. The van der Waals surface area contributed by atoms with Gasteiger partial charge in [0.2, 0.25) is 0 Å². The third kappa shape index (κ3) is 6.00. The Kier molecular flexibility index (Phi) is 7.19. The molecule has 0 aromatic heterocycles. The summed E-state index contributed by atoms with van der Waals surface area (Å²) in [7, 11) is 1.41. The van der Waals surface area contributed by atoms with Crippen LogP contribution in [0.5, 0.6) is 11.5 Å². The number of nitrogens with one attached hydrogen (secondary N) is 1. The molecule has 0 radical (unpaired) electrons. The zero-order valence-electron chi connectivity index (χ0n) is 14.8. The third-order valence-electron chi connectivity index (χ3n) is 3.40. The number of hydrogen-bond acceptors (Lipinski definition) is 6. The van der Waals surface area contributed by atoms with E-state index in [1.54, 1.807) is 36.4 Å². The van der Waals surface area contributed by atoms with Gasteiger partial charge in [0, 0.05) is 0 Å². The van der Waals surface area contributed by atoms with Crippen molar-refractivity contribution in [3.63, 3.8) is 0 Å². The first-order valence-electron chi connectivity index (χ1n) is 7.92. The highest BCUT2D eigenvalue weighted by molar-refractivity contribution is 6.32. The van der Waals surface area contributed by atoms with Gasteiger partial charge in [0.05, 0.1) is 17.7 Å². The summed E-state index contributed by atoms with van der Waals surface area (Å²) in [6.07, 6.45) is 0.